The number of fused-ring (bicyclic) bond motifs is 1. The molecular weight excluding hydrogens is 1020 g/mol. The average molecular weight is 1090 g/mol. The smallest absolute Gasteiger partial charge is 0.312 e. The Morgan fingerprint density at radius 1 is 0.987 bits per heavy atom. The molecule has 5 heterocycles. The molecule has 1 atom stereocenters. The van der Waals surface area contributed by atoms with Gasteiger partial charge in [-0.15, -0.1) is 0 Å². The average Bonchev–Trinajstić information content (AvgIpc) is 3.93. The lowest BCUT2D eigenvalue weighted by Gasteiger charge is -2.58. The van der Waals surface area contributed by atoms with Crippen LogP contribution in [-0.4, -0.2) is 120 Å². The van der Waals surface area contributed by atoms with E-state index in [1.54, 1.807) is 31.2 Å². The highest BCUT2D eigenvalue weighted by Crippen LogP contribution is 2.53. The number of rotatable bonds is 16. The normalized spacial score (nSPS) is 21.6. The second-order valence-electron chi connectivity index (χ2n) is 21.8. The van der Waals surface area contributed by atoms with E-state index in [4.69, 9.17) is 18.3 Å². The predicted octanol–water partition coefficient (Wildman–Crippen LogP) is 9.36. The number of methoxy groups -OCH3 is 2. The van der Waals surface area contributed by atoms with E-state index in [9.17, 15) is 37.6 Å². The van der Waals surface area contributed by atoms with Crippen molar-refractivity contribution < 1.29 is 50.7 Å². The summed E-state index contributed by atoms with van der Waals surface area (Å²) in [7, 11) is -6.04. The van der Waals surface area contributed by atoms with Gasteiger partial charge in [-0.05, 0) is 123 Å². The minimum atomic E-state index is -4.78. The SMILES string of the molecule is [2H]C([2H])([2H])Oc1ccc(C(=O)N2CCN(C3CC4(CCN(c5ccc(C(=O)NS(=O)(=O)c6cnc(NCC7CCC(C)(O)CC7)c([N+](=O)[O-])c6)c(Oc6cc7c(F)c[nH]c7nc6OC)c5)CC4)C3)[C@H](c3ccccc3C(C)C)C2)cc1. The number of ether oxygens (including phenoxy) is 3. The first kappa shape index (κ1) is 50.2. The number of pyridine rings is 2. The van der Waals surface area contributed by atoms with Crippen LogP contribution in [0.3, 0.4) is 0 Å². The van der Waals surface area contributed by atoms with E-state index in [2.05, 4.69) is 56.0 Å². The lowest BCUT2D eigenvalue weighted by molar-refractivity contribution is -0.384. The summed E-state index contributed by atoms with van der Waals surface area (Å²) in [5.41, 5.74) is 2.16. The molecule has 0 unspecified atom stereocenters. The molecule has 10 rings (SSSR count). The van der Waals surface area contributed by atoms with Gasteiger partial charge in [0.05, 0.1) is 52.0 Å². The van der Waals surface area contributed by atoms with Gasteiger partial charge < -0.3 is 39.4 Å². The summed E-state index contributed by atoms with van der Waals surface area (Å²) < 4.78 is 84.0. The molecule has 0 bridgehead atoms. The number of hydrogen-bond donors (Lipinski definition) is 4. The van der Waals surface area contributed by atoms with Gasteiger partial charge in [-0.25, -0.2) is 22.5 Å². The van der Waals surface area contributed by atoms with Crippen LogP contribution >= 0.6 is 0 Å². The molecular formula is C57H66FN9O10S. The van der Waals surface area contributed by atoms with Crippen molar-refractivity contribution in [2.75, 3.05) is 63.6 Å². The number of carbonyl (C=O) groups excluding carboxylic acids is 2. The number of hydrogen-bond acceptors (Lipinski definition) is 15. The van der Waals surface area contributed by atoms with Gasteiger partial charge in [0.25, 0.3) is 27.7 Å². The minimum absolute atomic E-state index is 0.0476. The number of anilines is 2. The first-order chi connectivity index (χ1) is 38.5. The van der Waals surface area contributed by atoms with Crippen LogP contribution in [0, 0.1) is 27.3 Å². The Bertz CT molecular complexity index is 3450. The van der Waals surface area contributed by atoms with Crippen molar-refractivity contribution in [3.05, 3.63) is 129 Å². The first-order valence-corrected chi connectivity index (χ1v) is 27.9. The van der Waals surface area contributed by atoms with Crippen molar-refractivity contribution in [2.24, 2.45) is 11.3 Å². The van der Waals surface area contributed by atoms with Crippen molar-refractivity contribution in [3.8, 4) is 23.1 Å². The number of nitro groups is 1. The zero-order valence-electron chi connectivity index (χ0n) is 47.0. The fraction of sp³-hybridized carbons (Fsp3) is 0.439. The Kier molecular flexibility index (Phi) is 14.0. The molecule has 4 aliphatic rings. The van der Waals surface area contributed by atoms with Gasteiger partial charge >= 0.3 is 5.69 Å². The van der Waals surface area contributed by atoms with Crippen LogP contribution in [0.1, 0.15) is 120 Å². The molecule has 3 aromatic carbocycles. The maximum atomic E-state index is 14.9. The summed E-state index contributed by atoms with van der Waals surface area (Å²) in [6.07, 6.45) is 8.22. The van der Waals surface area contributed by atoms with Gasteiger partial charge in [0, 0.05) is 81.0 Å². The van der Waals surface area contributed by atoms with Gasteiger partial charge in [0.1, 0.15) is 27.9 Å². The number of nitrogens with zero attached hydrogens (tertiary/aromatic N) is 6. The second-order valence-corrected chi connectivity index (χ2v) is 23.5. The van der Waals surface area contributed by atoms with E-state index in [1.807, 2.05) is 21.8 Å². The third kappa shape index (κ3) is 11.2. The number of piperazine rings is 1. The zero-order chi connectivity index (χ0) is 57.6. The fourth-order valence-electron chi connectivity index (χ4n) is 11.8. The predicted molar refractivity (Wildman–Crippen MR) is 292 cm³/mol. The summed E-state index contributed by atoms with van der Waals surface area (Å²) >= 11 is 0. The first-order valence-electron chi connectivity index (χ1n) is 27.9. The molecule has 21 heteroatoms. The van der Waals surface area contributed by atoms with Crippen LogP contribution in [0.25, 0.3) is 11.0 Å². The van der Waals surface area contributed by atoms with Crippen LogP contribution in [0.4, 0.5) is 21.6 Å². The third-order valence-corrected chi connectivity index (χ3v) is 17.7. The topological polar surface area (TPSA) is 235 Å². The minimum Gasteiger partial charge on any atom is -0.497 e. The lowest BCUT2D eigenvalue weighted by Crippen LogP contribution is -2.60. The highest BCUT2D eigenvalue weighted by Gasteiger charge is 2.50. The quantitative estimate of drug-likeness (QED) is 0.0522. The number of aliphatic hydroxyl groups is 1. The Morgan fingerprint density at radius 3 is 2.44 bits per heavy atom. The van der Waals surface area contributed by atoms with E-state index in [1.165, 1.54) is 42.5 Å². The molecule has 4 fully saturated rings. The van der Waals surface area contributed by atoms with E-state index in [-0.39, 0.29) is 80.8 Å². The van der Waals surface area contributed by atoms with Crippen molar-refractivity contribution in [1.29, 1.82) is 0 Å². The standard InChI is InChI=1S/C57H66FN9O10S/c1-35(2)42-8-6-7-9-43(42)48-34-65(55(69)37-10-13-40(75-4)14-11-37)24-25-66(48)39-29-57(30-39)20-22-64(23-21-57)38-12-15-44(49(26-38)77-50-28-45-46(58)33-61-51(45)62-54(50)76-5)53(68)63-78(73,74)41-27-47(67(71)72)52(60-32-41)59-31-36-16-18-56(3,70)19-17-36/h6-15,26-28,32-33,35-36,39,48,70H,16-25,29-31,34H2,1-5H3,(H,59,60)(H,61,62)(H,63,68)/t36?,48-,56?/m0/s1/i4D3. The molecule has 2 saturated carbocycles. The van der Waals surface area contributed by atoms with Crippen molar-refractivity contribution in [2.45, 2.75) is 101 Å². The maximum absolute atomic E-state index is 14.9. The molecule has 2 aliphatic carbocycles. The number of benzene rings is 3. The number of aromatic amines is 1. The van der Waals surface area contributed by atoms with E-state index in [0.717, 1.165) is 44.1 Å². The summed E-state index contributed by atoms with van der Waals surface area (Å²) in [6.45, 7) is 9.39. The van der Waals surface area contributed by atoms with Gasteiger partial charge in [-0.3, -0.25) is 24.6 Å². The van der Waals surface area contributed by atoms with Gasteiger partial charge in [-0.1, -0.05) is 38.1 Å². The van der Waals surface area contributed by atoms with Crippen LogP contribution < -0.4 is 29.1 Å². The van der Waals surface area contributed by atoms with Crippen LogP contribution in [0.15, 0.2) is 96.2 Å². The molecule has 6 aromatic rings. The molecule has 4 N–H and O–H groups in total. The summed E-state index contributed by atoms with van der Waals surface area (Å²) in [6, 6.07) is 21.8. The monoisotopic (exact) mass is 1090 g/mol. The number of nitrogens with one attached hydrogen (secondary N) is 3. The molecule has 2 amide bonds. The van der Waals surface area contributed by atoms with Crippen LogP contribution in [0.5, 0.6) is 23.1 Å². The van der Waals surface area contributed by atoms with E-state index >= 15 is 0 Å². The molecule has 78 heavy (non-hydrogen) atoms. The Hall–Kier alpha value is -7.36. The molecule has 412 valence electrons. The number of aromatic nitrogens is 3. The van der Waals surface area contributed by atoms with Crippen molar-refractivity contribution in [3.63, 3.8) is 0 Å². The maximum Gasteiger partial charge on any atom is 0.312 e. The summed E-state index contributed by atoms with van der Waals surface area (Å²) in [5, 5.41) is 25.6. The Morgan fingerprint density at radius 2 is 1.73 bits per heavy atom. The molecule has 2 saturated heterocycles. The number of halogens is 1. The summed E-state index contributed by atoms with van der Waals surface area (Å²) in [5.74, 6) is -1.70. The van der Waals surface area contributed by atoms with Crippen molar-refractivity contribution in [1.82, 2.24) is 29.5 Å². The number of amides is 2. The molecule has 2 aliphatic heterocycles. The van der Waals surface area contributed by atoms with Gasteiger partial charge in [-0.2, -0.15) is 4.98 Å². The highest BCUT2D eigenvalue weighted by molar-refractivity contribution is 7.90. The Balaban J connectivity index is 0.853. The molecule has 1 spiro atoms. The lowest BCUT2D eigenvalue weighted by atomic mass is 9.59. The molecule has 3 aromatic heterocycles. The summed E-state index contributed by atoms with van der Waals surface area (Å²) in [4.78, 5) is 56.9. The number of sulfonamides is 1. The largest absolute Gasteiger partial charge is 0.497 e. The van der Waals surface area contributed by atoms with E-state index < -0.39 is 49.9 Å². The van der Waals surface area contributed by atoms with Gasteiger partial charge in [0.15, 0.2) is 5.75 Å². The fourth-order valence-corrected chi connectivity index (χ4v) is 12.8. The number of piperidine rings is 1. The highest BCUT2D eigenvalue weighted by atomic mass is 32.2. The number of H-pyrrole nitrogens is 1. The van der Waals surface area contributed by atoms with Crippen LogP contribution in [0.2, 0.25) is 0 Å². The van der Waals surface area contributed by atoms with E-state index in [0.29, 0.717) is 76.2 Å². The van der Waals surface area contributed by atoms with Crippen LogP contribution in [-0.2, 0) is 10.0 Å². The second kappa shape index (κ2) is 21.8. The zero-order valence-corrected chi connectivity index (χ0v) is 44.8. The molecule has 19 nitrogen and oxygen atoms in total. The molecule has 0 radical (unpaired) electrons. The number of carbonyl (C=O) groups is 2. The van der Waals surface area contributed by atoms with Crippen molar-refractivity contribution >= 4 is 50.1 Å². The Labute approximate surface area is 456 Å². The van der Waals surface area contributed by atoms with Gasteiger partial charge in [0.2, 0.25) is 5.82 Å². The third-order valence-electron chi connectivity index (χ3n) is 16.4.